The maximum atomic E-state index is 4.54. The van der Waals surface area contributed by atoms with Gasteiger partial charge >= 0.3 is 0 Å². The van der Waals surface area contributed by atoms with Crippen molar-refractivity contribution in [2.24, 2.45) is 9.98 Å². The Kier molecular flexibility index (Phi) is 8.53. The molecule has 0 aromatic rings. The highest BCUT2D eigenvalue weighted by atomic mass is 32.2. The maximum absolute atomic E-state index is 4.54. The second kappa shape index (κ2) is 9.94. The van der Waals surface area contributed by atoms with Gasteiger partial charge in [0.25, 0.3) is 0 Å². The molecule has 0 aromatic heterocycles. The van der Waals surface area contributed by atoms with E-state index in [1.165, 1.54) is 0 Å². The summed E-state index contributed by atoms with van der Waals surface area (Å²) < 4.78 is 0. The minimum atomic E-state index is 0.688. The Labute approximate surface area is 131 Å². The highest BCUT2D eigenvalue weighted by Gasteiger charge is 2.21. The summed E-state index contributed by atoms with van der Waals surface area (Å²) in [5.41, 5.74) is 0. The lowest BCUT2D eigenvalue weighted by atomic mass is 10.3. The van der Waals surface area contributed by atoms with E-state index in [0.717, 1.165) is 36.5 Å². The number of nitrogens with zero attached hydrogens (tertiary/aromatic N) is 4. The molecule has 1 rings (SSSR count). The standard InChI is InChI=1S/C14H24N4S2/c1-5-7-15-13(19-3)17-9-11-18(12-10-17)14(20-4)16-8-6-2/h5-6H,1-2,7-12H2,3-4H3. The van der Waals surface area contributed by atoms with E-state index >= 15 is 0 Å². The summed E-state index contributed by atoms with van der Waals surface area (Å²) in [5, 5.41) is 2.22. The Bertz CT molecular complexity index is 335. The van der Waals surface area contributed by atoms with Crippen molar-refractivity contribution in [2.75, 3.05) is 51.8 Å². The van der Waals surface area contributed by atoms with Gasteiger partial charge in [-0.1, -0.05) is 35.7 Å². The van der Waals surface area contributed by atoms with Crippen LogP contribution in [0.25, 0.3) is 0 Å². The molecule has 112 valence electrons. The summed E-state index contributed by atoms with van der Waals surface area (Å²) in [6, 6.07) is 0. The number of rotatable bonds is 4. The van der Waals surface area contributed by atoms with Crippen LogP contribution in [-0.4, -0.2) is 71.9 Å². The lowest BCUT2D eigenvalue weighted by molar-refractivity contribution is 0.265. The molecule has 0 aliphatic carbocycles. The number of thioether (sulfide) groups is 2. The molecule has 4 nitrogen and oxygen atoms in total. The van der Waals surface area contributed by atoms with E-state index in [-0.39, 0.29) is 0 Å². The van der Waals surface area contributed by atoms with E-state index in [2.05, 4.69) is 45.5 Å². The first-order chi connectivity index (χ1) is 9.76. The molecule has 6 heteroatoms. The lowest BCUT2D eigenvalue weighted by Crippen LogP contribution is -2.49. The largest absolute Gasteiger partial charge is 0.348 e. The molecule has 1 saturated heterocycles. The van der Waals surface area contributed by atoms with E-state index < -0.39 is 0 Å². The number of hydrogen-bond acceptors (Lipinski definition) is 4. The van der Waals surface area contributed by atoms with Gasteiger partial charge in [0, 0.05) is 26.2 Å². The van der Waals surface area contributed by atoms with Crippen LogP contribution in [-0.2, 0) is 0 Å². The van der Waals surface area contributed by atoms with Gasteiger partial charge in [0.15, 0.2) is 10.3 Å². The molecule has 1 aliphatic heterocycles. The Morgan fingerprint density at radius 3 is 1.50 bits per heavy atom. The van der Waals surface area contributed by atoms with E-state index in [0.29, 0.717) is 13.1 Å². The predicted octanol–water partition coefficient (Wildman–Crippen LogP) is 2.41. The molecule has 0 bridgehead atoms. The molecule has 1 fully saturated rings. The van der Waals surface area contributed by atoms with Gasteiger partial charge in [0.05, 0.1) is 13.1 Å². The van der Waals surface area contributed by atoms with Crippen LogP contribution in [0.5, 0.6) is 0 Å². The Morgan fingerprint density at radius 2 is 1.25 bits per heavy atom. The molecule has 0 saturated carbocycles. The van der Waals surface area contributed by atoms with Crippen LogP contribution in [0.4, 0.5) is 0 Å². The van der Waals surface area contributed by atoms with Crippen LogP contribution in [0.3, 0.4) is 0 Å². The average molecular weight is 313 g/mol. The van der Waals surface area contributed by atoms with Crippen molar-refractivity contribution in [2.45, 2.75) is 0 Å². The monoisotopic (exact) mass is 312 g/mol. The molecule has 20 heavy (non-hydrogen) atoms. The third-order valence-corrected chi connectivity index (χ3v) is 4.40. The fourth-order valence-electron chi connectivity index (χ4n) is 1.96. The molecule has 0 spiro atoms. The van der Waals surface area contributed by atoms with Gasteiger partial charge in [-0.15, -0.1) is 13.2 Å². The van der Waals surface area contributed by atoms with Gasteiger partial charge < -0.3 is 9.80 Å². The first-order valence-corrected chi connectivity index (χ1v) is 9.10. The van der Waals surface area contributed by atoms with Crippen LogP contribution < -0.4 is 0 Å². The summed E-state index contributed by atoms with van der Waals surface area (Å²) in [7, 11) is 0. The molecule has 0 N–H and O–H groups in total. The van der Waals surface area contributed by atoms with Crippen molar-refractivity contribution in [3.63, 3.8) is 0 Å². The highest BCUT2D eigenvalue weighted by Crippen LogP contribution is 2.13. The molecule has 0 unspecified atom stereocenters. The predicted molar refractivity (Wildman–Crippen MR) is 95.2 cm³/mol. The van der Waals surface area contributed by atoms with Crippen LogP contribution >= 0.6 is 23.5 Å². The zero-order valence-electron chi connectivity index (χ0n) is 12.4. The van der Waals surface area contributed by atoms with Crippen molar-refractivity contribution in [1.82, 2.24) is 9.80 Å². The normalized spacial score (nSPS) is 17.3. The van der Waals surface area contributed by atoms with E-state index in [1.54, 1.807) is 23.5 Å². The first kappa shape index (κ1) is 17.2. The van der Waals surface area contributed by atoms with E-state index in [1.807, 2.05) is 12.2 Å². The second-order valence-corrected chi connectivity index (χ2v) is 5.75. The zero-order chi connectivity index (χ0) is 14.8. The van der Waals surface area contributed by atoms with Crippen LogP contribution in [0.1, 0.15) is 0 Å². The van der Waals surface area contributed by atoms with E-state index in [4.69, 9.17) is 0 Å². The van der Waals surface area contributed by atoms with Gasteiger partial charge in [-0.2, -0.15) is 0 Å². The second-order valence-electron chi connectivity index (χ2n) is 4.21. The average Bonchev–Trinajstić information content (AvgIpc) is 2.50. The molecule has 1 heterocycles. The van der Waals surface area contributed by atoms with Crippen LogP contribution in [0.2, 0.25) is 0 Å². The van der Waals surface area contributed by atoms with Gasteiger partial charge in [-0.05, 0) is 12.5 Å². The van der Waals surface area contributed by atoms with E-state index in [9.17, 15) is 0 Å². The third kappa shape index (κ3) is 5.25. The van der Waals surface area contributed by atoms with Crippen LogP contribution in [0.15, 0.2) is 35.3 Å². The summed E-state index contributed by atoms with van der Waals surface area (Å²) in [6.45, 7) is 12.8. The molecule has 0 amide bonds. The topological polar surface area (TPSA) is 31.2 Å². The number of hydrogen-bond donors (Lipinski definition) is 0. The van der Waals surface area contributed by atoms with Crippen molar-refractivity contribution < 1.29 is 0 Å². The lowest BCUT2D eigenvalue weighted by Gasteiger charge is -2.37. The number of aliphatic imine (C=N–C) groups is 2. The van der Waals surface area contributed by atoms with Crippen molar-refractivity contribution in [3.05, 3.63) is 25.3 Å². The number of amidine groups is 2. The zero-order valence-corrected chi connectivity index (χ0v) is 14.0. The molecule has 1 aliphatic rings. The van der Waals surface area contributed by atoms with Crippen molar-refractivity contribution >= 4 is 33.9 Å². The minimum absolute atomic E-state index is 0.688. The molecular weight excluding hydrogens is 288 g/mol. The maximum Gasteiger partial charge on any atom is 0.159 e. The quantitative estimate of drug-likeness (QED) is 0.453. The summed E-state index contributed by atoms with van der Waals surface area (Å²) in [4.78, 5) is 13.8. The van der Waals surface area contributed by atoms with Crippen molar-refractivity contribution in [1.29, 1.82) is 0 Å². The molecular formula is C14H24N4S2. The molecule has 0 radical (unpaired) electrons. The van der Waals surface area contributed by atoms with Crippen molar-refractivity contribution in [3.8, 4) is 0 Å². The minimum Gasteiger partial charge on any atom is -0.348 e. The Balaban J connectivity index is 2.57. The Morgan fingerprint density at radius 1 is 0.900 bits per heavy atom. The highest BCUT2D eigenvalue weighted by molar-refractivity contribution is 8.13. The van der Waals surface area contributed by atoms with Gasteiger partial charge in [0.1, 0.15) is 0 Å². The van der Waals surface area contributed by atoms with Crippen LogP contribution in [0, 0.1) is 0 Å². The summed E-state index contributed by atoms with van der Waals surface area (Å²) >= 11 is 3.41. The fourth-order valence-corrected chi connectivity index (χ4v) is 3.25. The summed E-state index contributed by atoms with van der Waals surface area (Å²) in [6.07, 6.45) is 7.82. The first-order valence-electron chi connectivity index (χ1n) is 6.65. The summed E-state index contributed by atoms with van der Waals surface area (Å²) in [5.74, 6) is 0. The third-order valence-electron chi connectivity index (χ3n) is 2.90. The Hall–Kier alpha value is -0.880. The number of piperazine rings is 1. The molecule has 0 atom stereocenters. The van der Waals surface area contributed by atoms with Gasteiger partial charge in [-0.3, -0.25) is 9.98 Å². The molecule has 0 aromatic carbocycles. The van der Waals surface area contributed by atoms with Gasteiger partial charge in [-0.25, -0.2) is 0 Å². The fraction of sp³-hybridized carbons (Fsp3) is 0.571. The smallest absolute Gasteiger partial charge is 0.159 e. The van der Waals surface area contributed by atoms with Gasteiger partial charge in [0.2, 0.25) is 0 Å². The SMILES string of the molecule is C=CCN=C(SC)N1CCN(C(=NCC=C)SC)CC1.